The Morgan fingerprint density at radius 1 is 1.06 bits per heavy atom. The van der Waals surface area contributed by atoms with E-state index in [1.54, 1.807) is 12.4 Å². The fourth-order valence-electron chi connectivity index (χ4n) is 3.04. The van der Waals surface area contributed by atoms with Gasteiger partial charge in [0.25, 0.3) is 0 Å². The van der Waals surface area contributed by atoms with Crippen LogP contribution in [0.4, 0.5) is 5.69 Å². The van der Waals surface area contributed by atoms with Gasteiger partial charge in [0.05, 0.1) is 10.9 Å². The highest BCUT2D eigenvalue weighted by molar-refractivity contribution is 8.00. The molecule has 0 aliphatic carbocycles. The van der Waals surface area contributed by atoms with Crippen LogP contribution in [0.3, 0.4) is 0 Å². The summed E-state index contributed by atoms with van der Waals surface area (Å²) in [5.74, 6) is 0.545. The molecule has 2 aromatic carbocycles. The number of halogens is 1. The van der Waals surface area contributed by atoms with Gasteiger partial charge in [-0.1, -0.05) is 47.6 Å². The molecule has 31 heavy (non-hydrogen) atoms. The number of nitrogens with zero attached hydrogens (tertiary/aromatic N) is 4. The summed E-state index contributed by atoms with van der Waals surface area (Å²) in [5, 5.41) is 12.6. The number of aromatic nitrogens is 4. The summed E-state index contributed by atoms with van der Waals surface area (Å²) in [6.45, 7) is 3.81. The van der Waals surface area contributed by atoms with Gasteiger partial charge >= 0.3 is 0 Å². The molecule has 156 valence electrons. The number of carbonyl (C=O) groups excluding carboxylic acids is 1. The standard InChI is InChI=1S/C23H20ClN5OS/c1-15-6-3-4-9-20(15)26-22(30)16(2)31-23-28-27-21(17-10-12-25-13-11-17)29(23)19-8-5-7-18(24)14-19/h3-14,16H,1-2H3,(H,26,30)/t16-/m1/s1. The van der Waals surface area contributed by atoms with Crippen LogP contribution in [-0.4, -0.2) is 30.9 Å². The maximum atomic E-state index is 12.8. The fraction of sp³-hybridized carbons (Fsp3) is 0.130. The first-order valence-corrected chi connectivity index (χ1v) is 10.9. The number of hydrogen-bond donors (Lipinski definition) is 1. The van der Waals surface area contributed by atoms with Crippen molar-refractivity contribution in [3.8, 4) is 17.1 Å². The summed E-state index contributed by atoms with van der Waals surface area (Å²) in [6.07, 6.45) is 3.41. The summed E-state index contributed by atoms with van der Waals surface area (Å²) in [7, 11) is 0. The van der Waals surface area contributed by atoms with Gasteiger partial charge in [-0.15, -0.1) is 10.2 Å². The normalized spacial score (nSPS) is 11.8. The summed E-state index contributed by atoms with van der Waals surface area (Å²) in [4.78, 5) is 16.9. The molecule has 1 N–H and O–H groups in total. The van der Waals surface area contributed by atoms with Crippen molar-refractivity contribution in [3.05, 3.63) is 83.6 Å². The molecule has 0 aliphatic heterocycles. The summed E-state index contributed by atoms with van der Waals surface area (Å²) >= 11 is 7.58. The van der Waals surface area contributed by atoms with Gasteiger partial charge in [-0.2, -0.15) is 0 Å². The van der Waals surface area contributed by atoms with E-state index in [1.807, 2.05) is 79.1 Å². The summed E-state index contributed by atoms with van der Waals surface area (Å²) < 4.78 is 1.91. The summed E-state index contributed by atoms with van der Waals surface area (Å²) in [5.41, 5.74) is 3.49. The van der Waals surface area contributed by atoms with Crippen LogP contribution < -0.4 is 5.32 Å². The van der Waals surface area contributed by atoms with Crippen molar-refractivity contribution in [2.24, 2.45) is 0 Å². The first-order valence-electron chi connectivity index (χ1n) is 9.68. The highest BCUT2D eigenvalue weighted by Crippen LogP contribution is 2.31. The van der Waals surface area contributed by atoms with Gasteiger partial charge in [-0.25, -0.2) is 0 Å². The smallest absolute Gasteiger partial charge is 0.237 e. The second kappa shape index (κ2) is 9.32. The van der Waals surface area contributed by atoms with Crippen molar-refractivity contribution in [2.45, 2.75) is 24.3 Å². The topological polar surface area (TPSA) is 72.7 Å². The SMILES string of the molecule is Cc1ccccc1NC(=O)[C@@H](C)Sc1nnc(-c2ccncc2)n1-c1cccc(Cl)c1. The quantitative estimate of drug-likeness (QED) is 0.398. The Bertz CT molecular complexity index is 1210. The average Bonchev–Trinajstić information content (AvgIpc) is 3.19. The molecule has 0 fully saturated rings. The molecule has 8 heteroatoms. The molecule has 0 aliphatic rings. The molecule has 2 aromatic heterocycles. The molecule has 4 aromatic rings. The van der Waals surface area contributed by atoms with E-state index < -0.39 is 5.25 Å². The van der Waals surface area contributed by atoms with Crippen LogP contribution in [0, 0.1) is 6.92 Å². The van der Waals surface area contributed by atoms with E-state index >= 15 is 0 Å². The monoisotopic (exact) mass is 449 g/mol. The number of anilines is 1. The van der Waals surface area contributed by atoms with E-state index in [1.165, 1.54) is 11.8 Å². The third-order valence-corrected chi connectivity index (χ3v) is 5.97. The van der Waals surface area contributed by atoms with Gasteiger partial charge in [-0.05, 0) is 55.8 Å². The number of para-hydroxylation sites is 1. The van der Waals surface area contributed by atoms with E-state index in [4.69, 9.17) is 11.6 Å². The van der Waals surface area contributed by atoms with Crippen LogP contribution in [-0.2, 0) is 4.79 Å². The number of hydrogen-bond acceptors (Lipinski definition) is 5. The largest absolute Gasteiger partial charge is 0.325 e. The Kier molecular flexibility index (Phi) is 6.34. The Morgan fingerprint density at radius 2 is 1.84 bits per heavy atom. The molecule has 2 heterocycles. The van der Waals surface area contributed by atoms with Crippen LogP contribution in [0.1, 0.15) is 12.5 Å². The first-order chi connectivity index (χ1) is 15.0. The van der Waals surface area contributed by atoms with Gasteiger partial charge in [0.15, 0.2) is 11.0 Å². The van der Waals surface area contributed by atoms with E-state index in [0.29, 0.717) is 16.0 Å². The van der Waals surface area contributed by atoms with Crippen LogP contribution >= 0.6 is 23.4 Å². The van der Waals surface area contributed by atoms with Gasteiger partial charge in [0.2, 0.25) is 5.91 Å². The zero-order chi connectivity index (χ0) is 21.8. The van der Waals surface area contributed by atoms with Crippen LogP contribution in [0.15, 0.2) is 78.2 Å². The van der Waals surface area contributed by atoms with Crippen LogP contribution in [0.5, 0.6) is 0 Å². The Morgan fingerprint density at radius 3 is 2.58 bits per heavy atom. The van der Waals surface area contributed by atoms with Gasteiger partial charge in [-0.3, -0.25) is 14.3 Å². The average molecular weight is 450 g/mol. The molecule has 6 nitrogen and oxygen atoms in total. The molecule has 4 rings (SSSR count). The molecule has 0 bridgehead atoms. The lowest BCUT2D eigenvalue weighted by atomic mass is 10.2. The van der Waals surface area contributed by atoms with Crippen molar-refractivity contribution in [2.75, 3.05) is 5.32 Å². The molecule has 0 saturated carbocycles. The molecular weight excluding hydrogens is 430 g/mol. The third-order valence-electron chi connectivity index (χ3n) is 4.69. The maximum absolute atomic E-state index is 12.8. The van der Waals surface area contributed by atoms with E-state index in [0.717, 1.165) is 22.5 Å². The van der Waals surface area contributed by atoms with Crippen LogP contribution in [0.25, 0.3) is 17.1 Å². The van der Waals surface area contributed by atoms with Gasteiger partial charge in [0, 0.05) is 28.7 Å². The number of nitrogens with one attached hydrogen (secondary N) is 1. The molecule has 0 radical (unpaired) electrons. The van der Waals surface area contributed by atoms with E-state index in [2.05, 4.69) is 20.5 Å². The third kappa shape index (κ3) is 4.78. The predicted octanol–water partition coefficient (Wildman–Crippen LogP) is 5.41. The van der Waals surface area contributed by atoms with E-state index in [9.17, 15) is 4.79 Å². The predicted molar refractivity (Wildman–Crippen MR) is 125 cm³/mol. The lowest BCUT2D eigenvalue weighted by Gasteiger charge is -2.15. The van der Waals surface area contributed by atoms with Crippen molar-refractivity contribution < 1.29 is 4.79 Å². The number of carbonyl (C=O) groups is 1. The van der Waals surface area contributed by atoms with Gasteiger partial charge in [0.1, 0.15) is 0 Å². The minimum atomic E-state index is -0.396. The lowest BCUT2D eigenvalue weighted by molar-refractivity contribution is -0.115. The van der Waals surface area contributed by atoms with Crippen molar-refractivity contribution in [1.29, 1.82) is 0 Å². The number of pyridine rings is 1. The fourth-order valence-corrected chi connectivity index (χ4v) is 4.09. The Labute approximate surface area is 189 Å². The second-order valence-corrected chi connectivity index (χ2v) is 8.67. The zero-order valence-electron chi connectivity index (χ0n) is 17.0. The first kappa shape index (κ1) is 21.1. The minimum Gasteiger partial charge on any atom is -0.325 e. The van der Waals surface area contributed by atoms with E-state index in [-0.39, 0.29) is 5.91 Å². The Hall–Kier alpha value is -3.16. The molecule has 0 spiro atoms. The second-order valence-electron chi connectivity index (χ2n) is 6.92. The number of aryl methyl sites for hydroxylation is 1. The van der Waals surface area contributed by atoms with Crippen LogP contribution in [0.2, 0.25) is 5.02 Å². The number of amides is 1. The van der Waals surface area contributed by atoms with Gasteiger partial charge < -0.3 is 5.32 Å². The van der Waals surface area contributed by atoms with Crippen molar-refractivity contribution >= 4 is 35.0 Å². The lowest BCUT2D eigenvalue weighted by Crippen LogP contribution is -2.23. The van der Waals surface area contributed by atoms with Crippen molar-refractivity contribution in [3.63, 3.8) is 0 Å². The molecule has 1 amide bonds. The van der Waals surface area contributed by atoms with Crippen molar-refractivity contribution in [1.82, 2.24) is 19.7 Å². The number of rotatable bonds is 6. The number of benzene rings is 2. The highest BCUT2D eigenvalue weighted by atomic mass is 35.5. The molecule has 0 unspecified atom stereocenters. The maximum Gasteiger partial charge on any atom is 0.237 e. The summed E-state index contributed by atoms with van der Waals surface area (Å²) in [6, 6.07) is 18.9. The highest BCUT2D eigenvalue weighted by Gasteiger charge is 2.22. The Balaban J connectivity index is 1.66. The molecule has 1 atom stereocenters. The molecule has 0 saturated heterocycles. The zero-order valence-corrected chi connectivity index (χ0v) is 18.6. The molecular formula is C23H20ClN5OS. The minimum absolute atomic E-state index is 0.106. The number of thioether (sulfide) groups is 1.